The van der Waals surface area contributed by atoms with Crippen LogP contribution in [-0.2, 0) is 6.54 Å². The zero-order valence-corrected chi connectivity index (χ0v) is 11.9. The Labute approximate surface area is 116 Å². The fourth-order valence-corrected chi connectivity index (χ4v) is 2.47. The molecule has 0 radical (unpaired) electrons. The average Bonchev–Trinajstić information content (AvgIpc) is 2.83. The van der Waals surface area contributed by atoms with E-state index in [9.17, 15) is 0 Å². The monoisotopic (exact) mass is 308 g/mol. The van der Waals surface area contributed by atoms with E-state index in [1.807, 2.05) is 24.3 Å². The van der Waals surface area contributed by atoms with E-state index in [0.717, 1.165) is 16.8 Å². The van der Waals surface area contributed by atoms with E-state index in [0.29, 0.717) is 6.54 Å². The van der Waals surface area contributed by atoms with Crippen molar-refractivity contribution in [1.82, 2.24) is 4.90 Å². The van der Waals surface area contributed by atoms with Gasteiger partial charge in [-0.25, -0.2) is 0 Å². The Hall–Kier alpha value is -1.10. The van der Waals surface area contributed by atoms with Crippen LogP contribution in [0.25, 0.3) is 0 Å². The van der Waals surface area contributed by atoms with Crippen molar-refractivity contribution in [3.8, 4) is 0 Å². The fourth-order valence-electron chi connectivity index (χ4n) is 2.03. The lowest BCUT2D eigenvalue weighted by Crippen LogP contribution is -2.29. The molecule has 0 aliphatic heterocycles. The first-order valence-electron chi connectivity index (χ1n) is 5.89. The summed E-state index contributed by atoms with van der Waals surface area (Å²) in [5.74, 6) is 0.912. The maximum absolute atomic E-state index is 5.84. The molecule has 0 saturated carbocycles. The summed E-state index contributed by atoms with van der Waals surface area (Å²) in [6.45, 7) is 1.38. The topological polar surface area (TPSA) is 42.4 Å². The van der Waals surface area contributed by atoms with Crippen LogP contribution in [-0.4, -0.2) is 18.5 Å². The van der Waals surface area contributed by atoms with Crippen molar-refractivity contribution < 1.29 is 4.42 Å². The Morgan fingerprint density at radius 2 is 2.17 bits per heavy atom. The molecule has 1 unspecified atom stereocenters. The van der Waals surface area contributed by atoms with Crippen LogP contribution >= 0.6 is 15.9 Å². The number of hydrogen-bond acceptors (Lipinski definition) is 3. The first kappa shape index (κ1) is 13.3. The van der Waals surface area contributed by atoms with Crippen molar-refractivity contribution in [2.75, 3.05) is 13.6 Å². The molecular weight excluding hydrogens is 292 g/mol. The van der Waals surface area contributed by atoms with Crippen molar-refractivity contribution in [2.45, 2.75) is 12.6 Å². The highest BCUT2D eigenvalue weighted by molar-refractivity contribution is 9.10. The van der Waals surface area contributed by atoms with Crippen LogP contribution < -0.4 is 5.73 Å². The standard InChI is InChI=1S/C14H17BrN2O/c1-17(10-11-4-2-5-12(15)8-11)13(9-16)14-6-3-7-18-14/h2-8,13H,9-10,16H2,1H3. The molecule has 1 atom stereocenters. The Morgan fingerprint density at radius 3 is 2.78 bits per heavy atom. The molecule has 18 heavy (non-hydrogen) atoms. The second kappa shape index (κ2) is 6.18. The Morgan fingerprint density at radius 1 is 1.33 bits per heavy atom. The summed E-state index contributed by atoms with van der Waals surface area (Å²) in [5, 5.41) is 0. The minimum atomic E-state index is 0.110. The summed E-state index contributed by atoms with van der Waals surface area (Å²) in [5.41, 5.74) is 7.08. The van der Waals surface area contributed by atoms with Crippen LogP contribution in [0.5, 0.6) is 0 Å². The quantitative estimate of drug-likeness (QED) is 0.922. The van der Waals surface area contributed by atoms with Gasteiger partial charge in [-0.2, -0.15) is 0 Å². The summed E-state index contributed by atoms with van der Waals surface area (Å²) >= 11 is 3.48. The Balaban J connectivity index is 2.08. The van der Waals surface area contributed by atoms with Crippen molar-refractivity contribution in [2.24, 2.45) is 5.73 Å². The third kappa shape index (κ3) is 3.22. The lowest BCUT2D eigenvalue weighted by molar-refractivity contribution is 0.213. The van der Waals surface area contributed by atoms with Gasteiger partial charge in [-0.15, -0.1) is 0 Å². The molecule has 2 aromatic rings. The summed E-state index contributed by atoms with van der Waals surface area (Å²) in [7, 11) is 2.06. The zero-order chi connectivity index (χ0) is 13.0. The Kier molecular flexibility index (Phi) is 4.58. The van der Waals surface area contributed by atoms with Crippen LogP contribution in [0.4, 0.5) is 0 Å². The molecule has 3 nitrogen and oxygen atoms in total. The molecule has 4 heteroatoms. The lowest BCUT2D eigenvalue weighted by atomic mass is 10.1. The second-order valence-corrected chi connectivity index (χ2v) is 5.23. The van der Waals surface area contributed by atoms with E-state index < -0.39 is 0 Å². The van der Waals surface area contributed by atoms with Gasteiger partial charge in [0.05, 0.1) is 12.3 Å². The van der Waals surface area contributed by atoms with Crippen molar-refractivity contribution in [3.63, 3.8) is 0 Å². The van der Waals surface area contributed by atoms with Crippen LogP contribution in [0.15, 0.2) is 51.6 Å². The molecule has 0 bridgehead atoms. The molecular formula is C14H17BrN2O. The van der Waals surface area contributed by atoms with E-state index >= 15 is 0 Å². The number of likely N-dealkylation sites (N-methyl/N-ethyl adjacent to an activating group) is 1. The first-order valence-corrected chi connectivity index (χ1v) is 6.68. The molecule has 0 aliphatic rings. The van der Waals surface area contributed by atoms with Gasteiger partial charge in [-0.1, -0.05) is 28.1 Å². The van der Waals surface area contributed by atoms with Crippen molar-refractivity contribution in [3.05, 3.63) is 58.5 Å². The largest absolute Gasteiger partial charge is 0.468 e. The molecule has 1 aromatic heterocycles. The van der Waals surface area contributed by atoms with Gasteiger partial charge in [0.2, 0.25) is 0 Å². The normalized spacial score (nSPS) is 12.9. The summed E-state index contributed by atoms with van der Waals surface area (Å²) < 4.78 is 6.53. The van der Waals surface area contributed by atoms with Gasteiger partial charge in [0.15, 0.2) is 0 Å². The molecule has 0 aliphatic carbocycles. The maximum atomic E-state index is 5.84. The molecule has 0 spiro atoms. The second-order valence-electron chi connectivity index (χ2n) is 4.31. The van der Waals surface area contributed by atoms with Crippen molar-refractivity contribution in [1.29, 1.82) is 0 Å². The van der Waals surface area contributed by atoms with E-state index in [-0.39, 0.29) is 6.04 Å². The number of benzene rings is 1. The van der Waals surface area contributed by atoms with E-state index in [2.05, 4.69) is 40.0 Å². The summed E-state index contributed by atoms with van der Waals surface area (Å²) in [6, 6.07) is 12.3. The maximum Gasteiger partial charge on any atom is 0.122 e. The number of hydrogen-bond donors (Lipinski definition) is 1. The van der Waals surface area contributed by atoms with Gasteiger partial charge in [0, 0.05) is 17.6 Å². The zero-order valence-electron chi connectivity index (χ0n) is 10.3. The highest BCUT2D eigenvalue weighted by atomic mass is 79.9. The summed E-state index contributed by atoms with van der Waals surface area (Å²) in [4.78, 5) is 2.20. The lowest BCUT2D eigenvalue weighted by Gasteiger charge is -2.25. The molecule has 0 saturated heterocycles. The van der Waals surface area contributed by atoms with Gasteiger partial charge in [0.1, 0.15) is 5.76 Å². The molecule has 2 rings (SSSR count). The average molecular weight is 309 g/mol. The predicted octanol–water partition coefficient (Wildman–Crippen LogP) is 3.17. The van der Waals surface area contributed by atoms with Gasteiger partial charge < -0.3 is 10.2 Å². The fraction of sp³-hybridized carbons (Fsp3) is 0.286. The van der Waals surface area contributed by atoms with Crippen LogP contribution in [0.3, 0.4) is 0 Å². The van der Waals surface area contributed by atoms with Crippen LogP contribution in [0.2, 0.25) is 0 Å². The Bertz CT molecular complexity index is 484. The van der Waals surface area contributed by atoms with Gasteiger partial charge in [-0.05, 0) is 36.9 Å². The molecule has 96 valence electrons. The molecule has 0 amide bonds. The molecule has 1 heterocycles. The number of nitrogens with zero attached hydrogens (tertiary/aromatic N) is 1. The number of nitrogens with two attached hydrogens (primary N) is 1. The predicted molar refractivity (Wildman–Crippen MR) is 76.1 cm³/mol. The van der Waals surface area contributed by atoms with Gasteiger partial charge >= 0.3 is 0 Å². The van der Waals surface area contributed by atoms with Crippen molar-refractivity contribution >= 4 is 15.9 Å². The van der Waals surface area contributed by atoms with Crippen LogP contribution in [0.1, 0.15) is 17.4 Å². The number of rotatable bonds is 5. The number of halogens is 1. The molecule has 2 N–H and O–H groups in total. The number of furan rings is 1. The molecule has 1 aromatic carbocycles. The SMILES string of the molecule is CN(Cc1cccc(Br)c1)C(CN)c1ccco1. The van der Waals surface area contributed by atoms with Gasteiger partial charge in [0.25, 0.3) is 0 Å². The minimum absolute atomic E-state index is 0.110. The van der Waals surface area contributed by atoms with Gasteiger partial charge in [-0.3, -0.25) is 4.90 Å². The van der Waals surface area contributed by atoms with E-state index in [1.54, 1.807) is 6.26 Å². The van der Waals surface area contributed by atoms with Crippen LogP contribution in [0, 0.1) is 0 Å². The third-order valence-corrected chi connectivity index (χ3v) is 3.44. The highest BCUT2D eigenvalue weighted by Crippen LogP contribution is 2.21. The third-order valence-electron chi connectivity index (χ3n) is 2.95. The highest BCUT2D eigenvalue weighted by Gasteiger charge is 2.18. The van der Waals surface area contributed by atoms with E-state index in [1.165, 1.54) is 5.56 Å². The first-order chi connectivity index (χ1) is 8.70. The smallest absolute Gasteiger partial charge is 0.122 e. The van der Waals surface area contributed by atoms with E-state index in [4.69, 9.17) is 10.2 Å². The minimum Gasteiger partial charge on any atom is -0.468 e. The molecule has 0 fully saturated rings. The summed E-state index contributed by atoms with van der Waals surface area (Å²) in [6.07, 6.45) is 1.69.